The monoisotopic (exact) mass is 337 g/mol. The number of rotatable bonds is 4. The van der Waals surface area contributed by atoms with Gasteiger partial charge in [0, 0.05) is 26.4 Å². The van der Waals surface area contributed by atoms with E-state index >= 15 is 0 Å². The van der Waals surface area contributed by atoms with Crippen molar-refractivity contribution < 1.29 is 13.2 Å². The van der Waals surface area contributed by atoms with Gasteiger partial charge in [-0.05, 0) is 24.6 Å². The highest BCUT2D eigenvalue weighted by atomic mass is 32.2. The van der Waals surface area contributed by atoms with Crippen molar-refractivity contribution in [2.75, 3.05) is 12.4 Å². The fourth-order valence-electron chi connectivity index (χ4n) is 2.01. The van der Waals surface area contributed by atoms with E-state index in [9.17, 15) is 13.2 Å². The molecule has 0 bridgehead atoms. The van der Waals surface area contributed by atoms with Crippen LogP contribution in [0.5, 0.6) is 0 Å². The van der Waals surface area contributed by atoms with Crippen molar-refractivity contribution in [2.24, 2.45) is 12.2 Å². The van der Waals surface area contributed by atoms with Crippen LogP contribution in [0.25, 0.3) is 0 Å². The minimum atomic E-state index is -3.72. The van der Waals surface area contributed by atoms with E-state index in [0.29, 0.717) is 5.82 Å². The fourth-order valence-corrected chi connectivity index (χ4v) is 2.53. The summed E-state index contributed by atoms with van der Waals surface area (Å²) in [4.78, 5) is 13.7. The molecule has 8 nitrogen and oxygen atoms in total. The Hall–Kier alpha value is -2.39. The summed E-state index contributed by atoms with van der Waals surface area (Å²) in [5, 5.41) is 11.8. The number of nitrogens with zero attached hydrogens (tertiary/aromatic N) is 3. The SMILES string of the molecule is CC(c1ccc(S(N)(=O)=O)cc1)N(C)C(=O)Nc1ccn(C)n1. The Balaban J connectivity index is 2.09. The molecule has 2 rings (SSSR count). The number of sulfonamides is 1. The average molecular weight is 337 g/mol. The number of urea groups is 1. The predicted octanol–water partition coefficient (Wildman–Crippen LogP) is 1.29. The molecular formula is C14H19N5O3S. The van der Waals surface area contributed by atoms with E-state index in [0.717, 1.165) is 5.56 Å². The molecule has 0 saturated carbocycles. The first-order valence-electron chi connectivity index (χ1n) is 6.84. The number of hydrogen-bond donors (Lipinski definition) is 2. The summed E-state index contributed by atoms with van der Waals surface area (Å²) in [6, 6.07) is 7.23. The first kappa shape index (κ1) is 17.0. The van der Waals surface area contributed by atoms with Crippen LogP contribution in [0.2, 0.25) is 0 Å². The van der Waals surface area contributed by atoms with Gasteiger partial charge >= 0.3 is 6.03 Å². The lowest BCUT2D eigenvalue weighted by Gasteiger charge is -2.25. The molecule has 23 heavy (non-hydrogen) atoms. The van der Waals surface area contributed by atoms with Crippen LogP contribution in [-0.2, 0) is 17.1 Å². The van der Waals surface area contributed by atoms with Crippen LogP contribution in [0, 0.1) is 0 Å². The number of amides is 2. The summed E-state index contributed by atoms with van der Waals surface area (Å²) in [5.74, 6) is 0.459. The molecule has 124 valence electrons. The van der Waals surface area contributed by atoms with Crippen LogP contribution in [-0.4, -0.2) is 36.2 Å². The van der Waals surface area contributed by atoms with Gasteiger partial charge < -0.3 is 4.90 Å². The van der Waals surface area contributed by atoms with Crippen LogP contribution < -0.4 is 10.5 Å². The van der Waals surface area contributed by atoms with Gasteiger partial charge in [-0.15, -0.1) is 0 Å². The Morgan fingerprint density at radius 3 is 2.39 bits per heavy atom. The highest BCUT2D eigenvalue weighted by Gasteiger charge is 2.19. The second-order valence-electron chi connectivity index (χ2n) is 5.21. The van der Waals surface area contributed by atoms with Gasteiger partial charge in [0.2, 0.25) is 10.0 Å². The lowest BCUT2D eigenvalue weighted by atomic mass is 10.1. The number of benzene rings is 1. The molecule has 9 heteroatoms. The third-order valence-electron chi connectivity index (χ3n) is 3.54. The molecular weight excluding hydrogens is 318 g/mol. The van der Waals surface area contributed by atoms with Gasteiger partial charge in [0.05, 0.1) is 10.9 Å². The van der Waals surface area contributed by atoms with Gasteiger partial charge in [0.15, 0.2) is 5.82 Å². The van der Waals surface area contributed by atoms with Crippen molar-refractivity contribution >= 4 is 21.9 Å². The molecule has 0 aliphatic heterocycles. The largest absolute Gasteiger partial charge is 0.323 e. The zero-order chi connectivity index (χ0) is 17.2. The van der Waals surface area contributed by atoms with Crippen LogP contribution in [0.3, 0.4) is 0 Å². The molecule has 1 unspecified atom stereocenters. The number of aryl methyl sites for hydroxylation is 1. The van der Waals surface area contributed by atoms with E-state index in [1.807, 2.05) is 6.92 Å². The maximum atomic E-state index is 12.2. The Bertz CT molecular complexity index is 798. The lowest BCUT2D eigenvalue weighted by Crippen LogP contribution is -2.33. The highest BCUT2D eigenvalue weighted by Crippen LogP contribution is 2.21. The van der Waals surface area contributed by atoms with Gasteiger partial charge in [0.25, 0.3) is 0 Å². The summed E-state index contributed by atoms with van der Waals surface area (Å²) in [7, 11) is -0.315. The number of carbonyl (C=O) groups is 1. The third-order valence-corrected chi connectivity index (χ3v) is 4.47. The van der Waals surface area contributed by atoms with Crippen molar-refractivity contribution in [3.8, 4) is 0 Å². The molecule has 0 aliphatic carbocycles. The van der Waals surface area contributed by atoms with Crippen molar-refractivity contribution in [1.82, 2.24) is 14.7 Å². The second kappa shape index (κ2) is 6.39. The molecule has 0 saturated heterocycles. The minimum Gasteiger partial charge on any atom is -0.321 e. The fraction of sp³-hybridized carbons (Fsp3) is 0.286. The molecule has 2 amide bonds. The second-order valence-corrected chi connectivity index (χ2v) is 6.77. The molecule has 1 aromatic carbocycles. The smallest absolute Gasteiger partial charge is 0.321 e. The molecule has 3 N–H and O–H groups in total. The normalized spacial score (nSPS) is 12.7. The molecule has 1 heterocycles. The molecule has 2 aromatic rings. The van der Waals surface area contributed by atoms with Gasteiger partial charge in [0.1, 0.15) is 0 Å². The number of primary sulfonamides is 1. The third kappa shape index (κ3) is 4.08. The van der Waals surface area contributed by atoms with Crippen LogP contribution >= 0.6 is 0 Å². The number of anilines is 1. The number of aromatic nitrogens is 2. The van der Waals surface area contributed by atoms with Crippen LogP contribution in [0.4, 0.5) is 10.6 Å². The predicted molar refractivity (Wildman–Crippen MR) is 86.2 cm³/mol. The van der Waals surface area contributed by atoms with Gasteiger partial charge in [-0.25, -0.2) is 18.4 Å². The number of hydrogen-bond acceptors (Lipinski definition) is 4. The first-order valence-corrected chi connectivity index (χ1v) is 8.39. The Morgan fingerprint density at radius 2 is 1.91 bits per heavy atom. The van der Waals surface area contributed by atoms with Crippen LogP contribution in [0.1, 0.15) is 18.5 Å². The van der Waals surface area contributed by atoms with Crippen molar-refractivity contribution in [3.05, 3.63) is 42.1 Å². The van der Waals surface area contributed by atoms with E-state index in [1.54, 1.807) is 43.2 Å². The van der Waals surface area contributed by atoms with E-state index < -0.39 is 10.0 Å². The lowest BCUT2D eigenvalue weighted by molar-refractivity contribution is 0.208. The topological polar surface area (TPSA) is 110 Å². The maximum Gasteiger partial charge on any atom is 0.323 e. The summed E-state index contributed by atoms with van der Waals surface area (Å²) in [6.45, 7) is 1.84. The molecule has 1 aromatic heterocycles. The Kier molecular flexibility index (Phi) is 4.71. The molecule has 0 aliphatic rings. The minimum absolute atomic E-state index is 0.0361. The Morgan fingerprint density at radius 1 is 1.30 bits per heavy atom. The van der Waals surface area contributed by atoms with Gasteiger partial charge in [-0.1, -0.05) is 12.1 Å². The van der Waals surface area contributed by atoms with E-state index in [4.69, 9.17) is 5.14 Å². The van der Waals surface area contributed by atoms with Gasteiger partial charge in [-0.3, -0.25) is 10.00 Å². The Labute approximate surface area is 134 Å². The maximum absolute atomic E-state index is 12.2. The summed E-state index contributed by atoms with van der Waals surface area (Å²) in [5.41, 5.74) is 0.788. The quantitative estimate of drug-likeness (QED) is 0.876. The summed E-state index contributed by atoms with van der Waals surface area (Å²) in [6.07, 6.45) is 1.73. The molecule has 0 spiro atoms. The summed E-state index contributed by atoms with van der Waals surface area (Å²) < 4.78 is 24.1. The first-order chi connectivity index (χ1) is 10.7. The molecule has 1 atom stereocenters. The zero-order valence-electron chi connectivity index (χ0n) is 13.1. The number of carbonyl (C=O) groups excluding carboxylic acids is 1. The zero-order valence-corrected chi connectivity index (χ0v) is 13.9. The summed E-state index contributed by atoms with van der Waals surface area (Å²) >= 11 is 0. The standard InChI is InChI=1S/C14H19N5O3S/c1-10(11-4-6-12(7-5-11)23(15,21)22)19(3)14(20)16-13-8-9-18(2)17-13/h4-10H,1-3H3,(H2,15,21,22)(H,16,17,20). The molecule has 0 radical (unpaired) electrons. The average Bonchev–Trinajstić information content (AvgIpc) is 2.90. The molecule has 0 fully saturated rings. The van der Waals surface area contributed by atoms with E-state index in [-0.39, 0.29) is 17.0 Å². The van der Waals surface area contributed by atoms with Gasteiger partial charge in [-0.2, -0.15) is 5.10 Å². The van der Waals surface area contributed by atoms with Crippen LogP contribution in [0.15, 0.2) is 41.4 Å². The van der Waals surface area contributed by atoms with E-state index in [2.05, 4.69) is 10.4 Å². The highest BCUT2D eigenvalue weighted by molar-refractivity contribution is 7.89. The van der Waals surface area contributed by atoms with Crippen molar-refractivity contribution in [3.63, 3.8) is 0 Å². The van der Waals surface area contributed by atoms with E-state index in [1.165, 1.54) is 17.0 Å². The van der Waals surface area contributed by atoms with Crippen molar-refractivity contribution in [1.29, 1.82) is 0 Å². The van der Waals surface area contributed by atoms with Crippen molar-refractivity contribution in [2.45, 2.75) is 17.9 Å². The number of nitrogens with one attached hydrogen (secondary N) is 1. The number of nitrogens with two attached hydrogens (primary N) is 1.